The molecule has 0 radical (unpaired) electrons. The van der Waals surface area contributed by atoms with Gasteiger partial charge in [0, 0.05) is 20.1 Å². The summed E-state index contributed by atoms with van der Waals surface area (Å²) < 4.78 is 7.09. The summed E-state index contributed by atoms with van der Waals surface area (Å²) >= 11 is 0. The van der Waals surface area contributed by atoms with E-state index in [1.165, 1.54) is 7.05 Å². The first-order chi connectivity index (χ1) is 12.4. The predicted octanol–water partition coefficient (Wildman–Crippen LogP) is 0.812. The van der Waals surface area contributed by atoms with E-state index in [-0.39, 0.29) is 5.69 Å². The molecule has 26 heavy (non-hydrogen) atoms. The normalized spacial score (nSPS) is 15.1. The zero-order chi connectivity index (χ0) is 18.8. The van der Waals surface area contributed by atoms with Gasteiger partial charge in [-0.25, -0.2) is 4.79 Å². The van der Waals surface area contributed by atoms with Gasteiger partial charge in [-0.05, 0) is 43.0 Å². The molecule has 1 fully saturated rings. The van der Waals surface area contributed by atoms with Gasteiger partial charge in [-0.2, -0.15) is 9.78 Å². The summed E-state index contributed by atoms with van der Waals surface area (Å²) in [4.78, 5) is 39.3. The first-order valence-corrected chi connectivity index (χ1v) is 8.56. The average Bonchev–Trinajstić information content (AvgIpc) is 2.67. The highest BCUT2D eigenvalue weighted by Crippen LogP contribution is 2.17. The van der Waals surface area contributed by atoms with Crippen molar-refractivity contribution in [2.75, 3.05) is 20.2 Å². The molecular weight excluding hydrogens is 336 g/mol. The van der Waals surface area contributed by atoms with Crippen molar-refractivity contribution in [3.05, 3.63) is 50.8 Å². The Labute approximate surface area is 150 Å². The Morgan fingerprint density at radius 1 is 1.15 bits per heavy atom. The summed E-state index contributed by atoms with van der Waals surface area (Å²) in [5.74, 6) is 0.758. The molecule has 1 saturated heterocycles. The number of amides is 1. The van der Waals surface area contributed by atoms with Gasteiger partial charge in [0.1, 0.15) is 5.75 Å². The Balaban J connectivity index is 2.03. The van der Waals surface area contributed by atoms with Gasteiger partial charge in [-0.15, -0.1) is 0 Å². The lowest BCUT2D eigenvalue weighted by Crippen LogP contribution is -2.47. The van der Waals surface area contributed by atoms with Crippen LogP contribution in [-0.4, -0.2) is 45.4 Å². The zero-order valence-electron chi connectivity index (χ0n) is 15.1. The van der Waals surface area contributed by atoms with Gasteiger partial charge in [0.15, 0.2) is 0 Å². The highest BCUT2D eigenvalue weighted by atomic mass is 16.5. The topological polar surface area (TPSA) is 86.4 Å². The molecule has 2 heterocycles. The van der Waals surface area contributed by atoms with E-state index in [0.29, 0.717) is 30.4 Å². The lowest BCUT2D eigenvalue weighted by Gasteiger charge is -2.29. The molecule has 0 N–H and O–H groups in total. The first kappa shape index (κ1) is 17.9. The third kappa shape index (κ3) is 3.26. The van der Waals surface area contributed by atoms with Crippen LogP contribution in [0.4, 0.5) is 0 Å². The van der Waals surface area contributed by atoms with Crippen LogP contribution in [0.15, 0.2) is 33.9 Å². The molecule has 1 aromatic carbocycles. The number of nitrogens with zero attached hydrogens (tertiary/aromatic N) is 4. The van der Waals surface area contributed by atoms with Crippen LogP contribution < -0.4 is 16.0 Å². The lowest BCUT2D eigenvalue weighted by atomic mass is 9.99. The third-order valence-electron chi connectivity index (χ3n) is 4.77. The smallest absolute Gasteiger partial charge is 0.351 e. The number of methoxy groups -OCH3 is 1. The number of hydrogen-bond acceptors (Lipinski definition) is 5. The summed E-state index contributed by atoms with van der Waals surface area (Å²) in [6.45, 7) is 3.32. The third-order valence-corrected chi connectivity index (χ3v) is 4.77. The van der Waals surface area contributed by atoms with Crippen molar-refractivity contribution >= 4 is 5.91 Å². The number of likely N-dealkylation sites (tertiary alicyclic amines) is 1. The van der Waals surface area contributed by atoms with Gasteiger partial charge >= 0.3 is 5.69 Å². The van der Waals surface area contributed by atoms with Gasteiger partial charge in [0.05, 0.1) is 12.8 Å². The van der Waals surface area contributed by atoms with Crippen molar-refractivity contribution in [3.63, 3.8) is 0 Å². The van der Waals surface area contributed by atoms with Crippen LogP contribution >= 0.6 is 0 Å². The summed E-state index contributed by atoms with van der Waals surface area (Å²) in [7, 11) is 2.89. The second-order valence-corrected chi connectivity index (χ2v) is 6.58. The monoisotopic (exact) mass is 358 g/mol. The minimum absolute atomic E-state index is 0.238. The number of hydrogen-bond donors (Lipinski definition) is 0. The number of rotatable bonds is 3. The van der Waals surface area contributed by atoms with E-state index in [9.17, 15) is 14.4 Å². The molecule has 8 heteroatoms. The van der Waals surface area contributed by atoms with Gasteiger partial charge < -0.3 is 9.64 Å². The van der Waals surface area contributed by atoms with Crippen LogP contribution in [-0.2, 0) is 7.05 Å². The average molecular weight is 358 g/mol. The molecule has 1 aromatic heterocycles. The molecule has 1 aliphatic heterocycles. The van der Waals surface area contributed by atoms with Crippen molar-refractivity contribution in [1.29, 1.82) is 0 Å². The number of carbonyl (C=O) groups is 1. The molecule has 3 rings (SSSR count). The number of aromatic nitrogens is 3. The van der Waals surface area contributed by atoms with Crippen molar-refractivity contribution in [1.82, 2.24) is 19.2 Å². The standard InChI is InChI=1S/C18H22N4O4/c1-12-8-10-21(11-9-12)17(24)15-16(23)20(2)18(25)22(19-15)13-4-6-14(26-3)7-5-13/h4-7,12H,8-11H2,1-3H3. The first-order valence-electron chi connectivity index (χ1n) is 8.56. The van der Waals surface area contributed by atoms with Crippen LogP contribution in [0.1, 0.15) is 30.3 Å². The second-order valence-electron chi connectivity index (χ2n) is 6.58. The number of ether oxygens (including phenoxy) is 1. The fourth-order valence-corrected chi connectivity index (χ4v) is 2.96. The molecular formula is C18H22N4O4. The fraction of sp³-hybridized carbons (Fsp3) is 0.444. The quantitative estimate of drug-likeness (QED) is 0.810. The second kappa shape index (κ2) is 7.15. The van der Waals surface area contributed by atoms with E-state index in [1.54, 1.807) is 36.3 Å². The van der Waals surface area contributed by atoms with E-state index in [1.807, 2.05) is 0 Å². The van der Waals surface area contributed by atoms with E-state index in [2.05, 4.69) is 12.0 Å². The molecule has 2 aromatic rings. The number of piperidine rings is 1. The van der Waals surface area contributed by atoms with Gasteiger partial charge in [-0.3, -0.25) is 14.2 Å². The van der Waals surface area contributed by atoms with Crippen molar-refractivity contribution in [2.45, 2.75) is 19.8 Å². The summed E-state index contributed by atoms with van der Waals surface area (Å²) in [6, 6.07) is 6.66. The SMILES string of the molecule is COc1ccc(-n2nc(C(=O)N3CCC(C)CC3)c(=O)n(C)c2=O)cc1. The summed E-state index contributed by atoms with van der Waals surface area (Å²) in [6.07, 6.45) is 1.79. The maximum Gasteiger partial charge on any atom is 0.351 e. The Bertz CT molecular complexity index is 922. The zero-order valence-corrected chi connectivity index (χ0v) is 15.1. The molecule has 0 bridgehead atoms. The number of carbonyl (C=O) groups excluding carboxylic acids is 1. The van der Waals surface area contributed by atoms with Crippen molar-refractivity contribution in [2.24, 2.45) is 13.0 Å². The Morgan fingerprint density at radius 2 is 1.77 bits per heavy atom. The van der Waals surface area contributed by atoms with Crippen molar-refractivity contribution < 1.29 is 9.53 Å². The van der Waals surface area contributed by atoms with E-state index < -0.39 is 17.2 Å². The molecule has 0 aliphatic carbocycles. The van der Waals surface area contributed by atoms with E-state index in [4.69, 9.17) is 4.74 Å². The van der Waals surface area contributed by atoms with Crippen LogP contribution in [0, 0.1) is 5.92 Å². The van der Waals surface area contributed by atoms with E-state index >= 15 is 0 Å². The number of benzene rings is 1. The van der Waals surface area contributed by atoms with Crippen LogP contribution in [0.3, 0.4) is 0 Å². The fourth-order valence-electron chi connectivity index (χ4n) is 2.96. The van der Waals surface area contributed by atoms with Gasteiger partial charge in [0.25, 0.3) is 11.5 Å². The lowest BCUT2D eigenvalue weighted by molar-refractivity contribution is 0.0685. The Kier molecular flexibility index (Phi) is 4.92. The van der Waals surface area contributed by atoms with Crippen LogP contribution in [0.25, 0.3) is 5.69 Å². The van der Waals surface area contributed by atoms with Crippen LogP contribution in [0.2, 0.25) is 0 Å². The van der Waals surface area contributed by atoms with Crippen LogP contribution in [0.5, 0.6) is 5.75 Å². The Morgan fingerprint density at radius 3 is 2.35 bits per heavy atom. The predicted molar refractivity (Wildman–Crippen MR) is 95.9 cm³/mol. The highest BCUT2D eigenvalue weighted by Gasteiger charge is 2.26. The molecule has 138 valence electrons. The molecule has 0 spiro atoms. The minimum atomic E-state index is -0.677. The van der Waals surface area contributed by atoms with Gasteiger partial charge in [0.2, 0.25) is 5.69 Å². The maximum atomic E-state index is 12.8. The van der Waals surface area contributed by atoms with Crippen molar-refractivity contribution in [3.8, 4) is 11.4 Å². The highest BCUT2D eigenvalue weighted by molar-refractivity contribution is 5.91. The van der Waals surface area contributed by atoms with E-state index in [0.717, 1.165) is 22.1 Å². The molecule has 1 aliphatic rings. The minimum Gasteiger partial charge on any atom is -0.497 e. The van der Waals surface area contributed by atoms with Gasteiger partial charge in [-0.1, -0.05) is 6.92 Å². The molecule has 8 nitrogen and oxygen atoms in total. The summed E-state index contributed by atoms with van der Waals surface area (Å²) in [5, 5.41) is 4.09. The maximum absolute atomic E-state index is 12.8. The molecule has 0 saturated carbocycles. The molecule has 1 amide bonds. The Hall–Kier alpha value is -2.90. The summed E-state index contributed by atoms with van der Waals surface area (Å²) in [5.41, 5.74) is -1.07. The largest absolute Gasteiger partial charge is 0.497 e. The molecule has 0 atom stereocenters. The molecule has 0 unspecified atom stereocenters.